The first kappa shape index (κ1) is 13.0. The van der Waals surface area contributed by atoms with Crippen molar-refractivity contribution in [3.8, 4) is 0 Å². The van der Waals surface area contributed by atoms with Gasteiger partial charge in [-0.3, -0.25) is 19.8 Å². The first-order valence-electron chi connectivity index (χ1n) is 6.37. The van der Waals surface area contributed by atoms with Gasteiger partial charge in [0.1, 0.15) is 0 Å². The molecule has 7 heteroatoms. The molecule has 3 rings (SSSR count). The Morgan fingerprint density at radius 2 is 2.14 bits per heavy atom. The number of nitro groups is 1. The second-order valence-electron chi connectivity index (χ2n) is 4.69. The Morgan fingerprint density at radius 1 is 1.29 bits per heavy atom. The van der Waals surface area contributed by atoms with Crippen LogP contribution in [0.5, 0.6) is 0 Å². The van der Waals surface area contributed by atoms with Crippen LogP contribution >= 0.6 is 0 Å². The zero-order valence-electron chi connectivity index (χ0n) is 11.4. The molecule has 0 unspecified atom stereocenters. The fraction of sp³-hybridized carbons (Fsp3) is 0.143. The van der Waals surface area contributed by atoms with E-state index in [0.29, 0.717) is 11.9 Å². The standard InChI is InChI=1S/C14H13N5O2/c1-18-9-10(7-17-18)6-16-13-2-3-14(19(20)21)11-4-5-15-8-12(11)13/h2-5,7-9,16H,6H2,1H3. The molecule has 2 aromatic heterocycles. The van der Waals surface area contributed by atoms with Crippen molar-refractivity contribution < 1.29 is 4.92 Å². The molecule has 21 heavy (non-hydrogen) atoms. The quantitative estimate of drug-likeness (QED) is 0.587. The third kappa shape index (κ3) is 2.53. The zero-order valence-corrected chi connectivity index (χ0v) is 11.4. The van der Waals surface area contributed by atoms with E-state index in [0.717, 1.165) is 16.6 Å². The van der Waals surface area contributed by atoms with Crippen LogP contribution in [0.1, 0.15) is 5.56 Å². The number of nitro benzene ring substituents is 1. The Balaban J connectivity index is 1.96. The Morgan fingerprint density at radius 3 is 2.86 bits per heavy atom. The normalized spacial score (nSPS) is 10.7. The van der Waals surface area contributed by atoms with E-state index in [1.54, 1.807) is 35.4 Å². The van der Waals surface area contributed by atoms with Crippen LogP contribution in [0.4, 0.5) is 11.4 Å². The Labute approximate surface area is 120 Å². The van der Waals surface area contributed by atoms with Crippen LogP contribution in [0.15, 0.2) is 43.0 Å². The molecule has 1 N–H and O–H groups in total. The van der Waals surface area contributed by atoms with Crippen LogP contribution in [0.2, 0.25) is 0 Å². The average Bonchev–Trinajstić information content (AvgIpc) is 2.90. The molecule has 0 amide bonds. The molecule has 0 saturated heterocycles. The predicted octanol–water partition coefficient (Wildman–Crippen LogP) is 2.49. The van der Waals surface area contributed by atoms with E-state index in [-0.39, 0.29) is 10.6 Å². The lowest BCUT2D eigenvalue weighted by molar-refractivity contribution is -0.383. The van der Waals surface area contributed by atoms with E-state index in [2.05, 4.69) is 15.4 Å². The maximum Gasteiger partial charge on any atom is 0.277 e. The number of rotatable bonds is 4. The van der Waals surface area contributed by atoms with E-state index in [9.17, 15) is 10.1 Å². The molecular formula is C14H13N5O2. The van der Waals surface area contributed by atoms with Crippen LogP contribution in [0.25, 0.3) is 10.8 Å². The lowest BCUT2D eigenvalue weighted by atomic mass is 10.1. The fourth-order valence-electron chi connectivity index (χ4n) is 2.25. The van der Waals surface area contributed by atoms with Gasteiger partial charge in [-0.1, -0.05) is 0 Å². The fourth-order valence-corrected chi connectivity index (χ4v) is 2.25. The Hall–Kier alpha value is -2.96. The largest absolute Gasteiger partial charge is 0.380 e. The van der Waals surface area contributed by atoms with Gasteiger partial charge in [-0.25, -0.2) is 0 Å². The summed E-state index contributed by atoms with van der Waals surface area (Å²) in [7, 11) is 1.86. The van der Waals surface area contributed by atoms with Gasteiger partial charge >= 0.3 is 0 Å². The van der Waals surface area contributed by atoms with Crippen LogP contribution in [-0.2, 0) is 13.6 Å². The Kier molecular flexibility index (Phi) is 3.23. The van der Waals surface area contributed by atoms with E-state index in [1.807, 2.05) is 13.2 Å². The molecule has 0 aliphatic rings. The van der Waals surface area contributed by atoms with Gasteiger partial charge in [-0.2, -0.15) is 5.10 Å². The highest BCUT2D eigenvalue weighted by atomic mass is 16.6. The summed E-state index contributed by atoms with van der Waals surface area (Å²) >= 11 is 0. The summed E-state index contributed by atoms with van der Waals surface area (Å²) in [6.07, 6.45) is 6.88. The van der Waals surface area contributed by atoms with Crippen LogP contribution in [0, 0.1) is 10.1 Å². The van der Waals surface area contributed by atoms with Crippen LogP contribution in [-0.4, -0.2) is 19.7 Å². The zero-order chi connectivity index (χ0) is 14.8. The number of non-ortho nitro benzene ring substituents is 1. The summed E-state index contributed by atoms with van der Waals surface area (Å²) < 4.78 is 1.73. The molecule has 1 aromatic carbocycles. The topological polar surface area (TPSA) is 85.9 Å². The van der Waals surface area contributed by atoms with E-state index >= 15 is 0 Å². The molecule has 106 valence electrons. The molecule has 0 atom stereocenters. The number of nitrogens with one attached hydrogen (secondary N) is 1. The summed E-state index contributed by atoms with van der Waals surface area (Å²) in [5.74, 6) is 0. The molecule has 0 bridgehead atoms. The lowest BCUT2D eigenvalue weighted by Gasteiger charge is -2.08. The first-order chi connectivity index (χ1) is 10.1. The molecule has 7 nitrogen and oxygen atoms in total. The number of fused-ring (bicyclic) bond motifs is 1. The molecular weight excluding hydrogens is 270 g/mol. The molecule has 0 aliphatic carbocycles. The number of aromatic nitrogens is 3. The van der Waals surface area contributed by atoms with Crippen molar-refractivity contribution in [3.05, 3.63) is 58.7 Å². The Bertz CT molecular complexity index is 812. The molecule has 0 saturated carbocycles. The number of pyridine rings is 1. The van der Waals surface area contributed by atoms with Crippen molar-refractivity contribution in [2.45, 2.75) is 6.54 Å². The molecule has 3 aromatic rings. The summed E-state index contributed by atoms with van der Waals surface area (Å²) in [4.78, 5) is 14.7. The van der Waals surface area contributed by atoms with Gasteiger partial charge in [0.25, 0.3) is 5.69 Å². The van der Waals surface area contributed by atoms with Crippen LogP contribution in [0.3, 0.4) is 0 Å². The van der Waals surface area contributed by atoms with Gasteiger partial charge in [0, 0.05) is 54.9 Å². The minimum absolute atomic E-state index is 0.0827. The highest BCUT2D eigenvalue weighted by Gasteiger charge is 2.14. The third-order valence-electron chi connectivity index (χ3n) is 3.23. The molecule has 0 spiro atoms. The molecule has 0 fully saturated rings. The number of hydrogen-bond acceptors (Lipinski definition) is 5. The second-order valence-corrected chi connectivity index (χ2v) is 4.69. The van der Waals surface area contributed by atoms with Gasteiger partial charge in [-0.15, -0.1) is 0 Å². The molecule has 0 radical (unpaired) electrons. The third-order valence-corrected chi connectivity index (χ3v) is 3.23. The van der Waals surface area contributed by atoms with Crippen molar-refractivity contribution in [2.24, 2.45) is 7.05 Å². The van der Waals surface area contributed by atoms with E-state index < -0.39 is 0 Å². The van der Waals surface area contributed by atoms with Gasteiger partial charge in [0.05, 0.1) is 16.5 Å². The number of benzene rings is 1. The highest BCUT2D eigenvalue weighted by molar-refractivity contribution is 5.99. The molecule has 0 aliphatic heterocycles. The minimum atomic E-state index is -0.382. The second kappa shape index (κ2) is 5.20. The average molecular weight is 283 g/mol. The summed E-state index contributed by atoms with van der Waals surface area (Å²) in [6.45, 7) is 0.593. The van der Waals surface area contributed by atoms with Gasteiger partial charge in [0.15, 0.2) is 0 Å². The maximum absolute atomic E-state index is 11.1. The number of aryl methyl sites for hydroxylation is 1. The monoisotopic (exact) mass is 283 g/mol. The van der Waals surface area contributed by atoms with Gasteiger partial charge in [0.2, 0.25) is 0 Å². The summed E-state index contributed by atoms with van der Waals surface area (Å²) in [5.41, 5.74) is 1.93. The van der Waals surface area contributed by atoms with Crippen molar-refractivity contribution in [3.63, 3.8) is 0 Å². The summed E-state index contributed by atoms with van der Waals surface area (Å²) in [5, 5.41) is 19.7. The van der Waals surface area contributed by atoms with Crippen molar-refractivity contribution in [1.82, 2.24) is 14.8 Å². The van der Waals surface area contributed by atoms with Crippen molar-refractivity contribution >= 4 is 22.1 Å². The SMILES string of the molecule is Cn1cc(CNc2ccc([N+](=O)[O-])c3ccncc23)cn1. The van der Waals surface area contributed by atoms with Crippen molar-refractivity contribution in [2.75, 3.05) is 5.32 Å². The molecule has 2 heterocycles. The highest BCUT2D eigenvalue weighted by Crippen LogP contribution is 2.30. The van der Waals surface area contributed by atoms with E-state index in [1.165, 1.54) is 6.07 Å². The van der Waals surface area contributed by atoms with Gasteiger partial charge < -0.3 is 5.32 Å². The number of anilines is 1. The number of nitrogens with zero attached hydrogens (tertiary/aromatic N) is 4. The van der Waals surface area contributed by atoms with E-state index in [4.69, 9.17) is 0 Å². The maximum atomic E-state index is 11.1. The first-order valence-corrected chi connectivity index (χ1v) is 6.37. The van der Waals surface area contributed by atoms with Gasteiger partial charge in [-0.05, 0) is 12.1 Å². The smallest absolute Gasteiger partial charge is 0.277 e. The minimum Gasteiger partial charge on any atom is -0.380 e. The summed E-state index contributed by atoms with van der Waals surface area (Å²) in [6, 6.07) is 4.87. The predicted molar refractivity (Wildman–Crippen MR) is 78.9 cm³/mol. The van der Waals surface area contributed by atoms with Crippen molar-refractivity contribution in [1.29, 1.82) is 0 Å². The van der Waals surface area contributed by atoms with Crippen LogP contribution < -0.4 is 5.32 Å². The number of hydrogen-bond donors (Lipinski definition) is 1. The lowest BCUT2D eigenvalue weighted by Crippen LogP contribution is -2.00.